The molecular formula is C13H15N5O2S. The molecule has 0 saturated heterocycles. The molecule has 0 spiro atoms. The molecule has 3 rings (SSSR count). The largest absolute Gasteiger partial charge is 0.369 e. The zero-order valence-electron chi connectivity index (χ0n) is 11.9. The van der Waals surface area contributed by atoms with Gasteiger partial charge in [-0.3, -0.25) is 4.57 Å². The van der Waals surface area contributed by atoms with Crippen LogP contribution in [-0.2, 0) is 16.9 Å². The fourth-order valence-corrected chi connectivity index (χ4v) is 3.02. The molecule has 2 aromatic heterocycles. The molecule has 2 heterocycles. The van der Waals surface area contributed by atoms with Gasteiger partial charge in [0.05, 0.1) is 16.3 Å². The van der Waals surface area contributed by atoms with E-state index in [0.29, 0.717) is 5.95 Å². The summed E-state index contributed by atoms with van der Waals surface area (Å²) in [6.45, 7) is 1.87. The predicted molar refractivity (Wildman–Crippen MR) is 80.1 cm³/mol. The number of rotatable bonds is 2. The Morgan fingerprint density at radius 1 is 1.19 bits per heavy atom. The average molecular weight is 305 g/mol. The van der Waals surface area contributed by atoms with Crippen LogP contribution in [0.5, 0.6) is 0 Å². The first-order valence-corrected chi connectivity index (χ1v) is 8.16. The summed E-state index contributed by atoms with van der Waals surface area (Å²) >= 11 is 0. The van der Waals surface area contributed by atoms with E-state index in [2.05, 4.69) is 10.1 Å². The third kappa shape index (κ3) is 2.07. The molecule has 0 aliphatic rings. The minimum atomic E-state index is -3.22. The number of imidazole rings is 1. The average Bonchev–Trinajstić information content (AvgIpc) is 2.87. The standard InChI is InChI=1S/C13H15N5O2S/c1-8-11-12(17(2)16-8)18(13(14)15-11)9-4-6-10(7-5-9)21(3,19)20/h4-7H,1-3H3,(H2,14,15). The molecule has 0 aliphatic heterocycles. The number of sulfone groups is 1. The Balaban J connectivity index is 2.23. The van der Waals surface area contributed by atoms with Gasteiger partial charge in [0.1, 0.15) is 5.52 Å². The Hall–Kier alpha value is -2.35. The number of nitrogens with two attached hydrogens (primary N) is 1. The second kappa shape index (κ2) is 4.32. The Kier molecular flexibility index (Phi) is 2.80. The van der Waals surface area contributed by atoms with E-state index in [0.717, 1.165) is 22.5 Å². The summed E-state index contributed by atoms with van der Waals surface area (Å²) in [6.07, 6.45) is 1.18. The number of nitrogens with zero attached hydrogens (tertiary/aromatic N) is 4. The third-order valence-electron chi connectivity index (χ3n) is 3.35. The van der Waals surface area contributed by atoms with Crippen molar-refractivity contribution in [3.63, 3.8) is 0 Å². The highest BCUT2D eigenvalue weighted by Crippen LogP contribution is 2.25. The van der Waals surface area contributed by atoms with E-state index in [1.165, 1.54) is 6.26 Å². The monoisotopic (exact) mass is 305 g/mol. The molecule has 0 atom stereocenters. The quantitative estimate of drug-likeness (QED) is 0.763. The number of anilines is 1. The van der Waals surface area contributed by atoms with E-state index in [4.69, 9.17) is 5.73 Å². The molecule has 0 radical (unpaired) electrons. The van der Waals surface area contributed by atoms with Crippen LogP contribution in [0.2, 0.25) is 0 Å². The lowest BCUT2D eigenvalue weighted by Crippen LogP contribution is -2.05. The van der Waals surface area contributed by atoms with Crippen molar-refractivity contribution in [3.05, 3.63) is 30.0 Å². The van der Waals surface area contributed by atoms with Crippen LogP contribution in [0, 0.1) is 6.92 Å². The van der Waals surface area contributed by atoms with Gasteiger partial charge in [0, 0.05) is 13.3 Å². The first kappa shape index (κ1) is 13.6. The maximum absolute atomic E-state index is 11.5. The Bertz CT molecular complexity index is 935. The van der Waals surface area contributed by atoms with Gasteiger partial charge >= 0.3 is 0 Å². The Morgan fingerprint density at radius 2 is 1.81 bits per heavy atom. The highest BCUT2D eigenvalue weighted by Gasteiger charge is 2.17. The molecule has 21 heavy (non-hydrogen) atoms. The number of hydrogen-bond acceptors (Lipinski definition) is 5. The van der Waals surface area contributed by atoms with Crippen molar-refractivity contribution in [2.24, 2.45) is 7.05 Å². The fourth-order valence-electron chi connectivity index (χ4n) is 2.39. The number of nitrogen functional groups attached to an aromatic ring is 1. The van der Waals surface area contributed by atoms with Gasteiger partial charge in [-0.05, 0) is 31.2 Å². The summed E-state index contributed by atoms with van der Waals surface area (Å²) in [5.41, 5.74) is 9.04. The van der Waals surface area contributed by atoms with Gasteiger partial charge in [-0.1, -0.05) is 0 Å². The van der Waals surface area contributed by atoms with Crippen molar-refractivity contribution in [1.82, 2.24) is 19.3 Å². The molecule has 0 aliphatic carbocycles. The van der Waals surface area contributed by atoms with Crippen LogP contribution in [-0.4, -0.2) is 34.0 Å². The second-order valence-electron chi connectivity index (χ2n) is 4.95. The third-order valence-corrected chi connectivity index (χ3v) is 4.48. The number of aryl methyl sites for hydroxylation is 2. The van der Waals surface area contributed by atoms with E-state index in [-0.39, 0.29) is 4.90 Å². The number of hydrogen-bond donors (Lipinski definition) is 1. The van der Waals surface area contributed by atoms with Gasteiger partial charge in [0.25, 0.3) is 0 Å². The van der Waals surface area contributed by atoms with Crippen molar-refractivity contribution >= 4 is 26.9 Å². The minimum Gasteiger partial charge on any atom is -0.369 e. The highest BCUT2D eigenvalue weighted by molar-refractivity contribution is 7.90. The zero-order valence-corrected chi connectivity index (χ0v) is 12.7. The molecule has 1 aromatic carbocycles. The number of aromatic nitrogens is 4. The summed E-state index contributed by atoms with van der Waals surface area (Å²) in [7, 11) is -1.40. The lowest BCUT2D eigenvalue weighted by atomic mass is 10.3. The highest BCUT2D eigenvalue weighted by atomic mass is 32.2. The van der Waals surface area contributed by atoms with Crippen LogP contribution in [0.15, 0.2) is 29.2 Å². The summed E-state index contributed by atoms with van der Waals surface area (Å²) in [5.74, 6) is 0.341. The van der Waals surface area contributed by atoms with E-state index in [1.54, 1.807) is 33.5 Å². The molecule has 0 unspecified atom stereocenters. The second-order valence-corrected chi connectivity index (χ2v) is 6.97. The molecule has 0 amide bonds. The van der Waals surface area contributed by atoms with E-state index >= 15 is 0 Å². The van der Waals surface area contributed by atoms with Crippen LogP contribution in [0.3, 0.4) is 0 Å². The first-order chi connectivity index (χ1) is 9.79. The summed E-state index contributed by atoms with van der Waals surface area (Å²) in [6, 6.07) is 6.52. The molecule has 0 fully saturated rings. The molecule has 0 saturated carbocycles. The van der Waals surface area contributed by atoms with Crippen LogP contribution in [0.25, 0.3) is 16.9 Å². The van der Waals surface area contributed by atoms with Crippen LogP contribution in [0.1, 0.15) is 5.69 Å². The van der Waals surface area contributed by atoms with Gasteiger partial charge in [-0.25, -0.2) is 18.1 Å². The van der Waals surface area contributed by atoms with Crippen molar-refractivity contribution in [2.75, 3.05) is 12.0 Å². The van der Waals surface area contributed by atoms with Crippen LogP contribution in [0.4, 0.5) is 5.95 Å². The maximum Gasteiger partial charge on any atom is 0.207 e. The molecule has 2 N–H and O–H groups in total. The summed E-state index contributed by atoms with van der Waals surface area (Å²) < 4.78 is 26.5. The number of fused-ring (bicyclic) bond motifs is 1. The number of benzene rings is 1. The van der Waals surface area contributed by atoms with Crippen LogP contribution < -0.4 is 5.73 Å². The molecule has 7 nitrogen and oxygen atoms in total. The van der Waals surface area contributed by atoms with Gasteiger partial charge in [0.15, 0.2) is 15.5 Å². The van der Waals surface area contributed by atoms with E-state index < -0.39 is 9.84 Å². The maximum atomic E-state index is 11.5. The lowest BCUT2D eigenvalue weighted by molar-refractivity contribution is 0.602. The van der Waals surface area contributed by atoms with Crippen molar-refractivity contribution in [1.29, 1.82) is 0 Å². The molecule has 0 bridgehead atoms. The van der Waals surface area contributed by atoms with Crippen LogP contribution >= 0.6 is 0 Å². The molecular weight excluding hydrogens is 290 g/mol. The van der Waals surface area contributed by atoms with Crippen molar-refractivity contribution < 1.29 is 8.42 Å². The first-order valence-electron chi connectivity index (χ1n) is 6.27. The smallest absolute Gasteiger partial charge is 0.207 e. The Labute approximate surface area is 121 Å². The molecule has 3 aromatic rings. The van der Waals surface area contributed by atoms with Gasteiger partial charge in [-0.2, -0.15) is 5.10 Å². The summed E-state index contributed by atoms with van der Waals surface area (Å²) in [4.78, 5) is 4.59. The SMILES string of the molecule is Cc1nn(C)c2c1nc(N)n2-c1ccc(S(C)(=O)=O)cc1. The Morgan fingerprint density at radius 3 is 2.38 bits per heavy atom. The fraction of sp³-hybridized carbons (Fsp3) is 0.231. The topological polar surface area (TPSA) is 95.8 Å². The normalized spacial score (nSPS) is 12.1. The van der Waals surface area contributed by atoms with E-state index in [9.17, 15) is 8.42 Å². The minimum absolute atomic E-state index is 0.266. The van der Waals surface area contributed by atoms with Crippen molar-refractivity contribution in [2.45, 2.75) is 11.8 Å². The zero-order chi connectivity index (χ0) is 15.4. The van der Waals surface area contributed by atoms with Gasteiger partial charge in [-0.15, -0.1) is 0 Å². The summed E-state index contributed by atoms with van der Waals surface area (Å²) in [5, 5.41) is 4.32. The van der Waals surface area contributed by atoms with Gasteiger partial charge in [0.2, 0.25) is 5.95 Å². The molecule has 110 valence electrons. The van der Waals surface area contributed by atoms with E-state index in [1.807, 2.05) is 14.0 Å². The van der Waals surface area contributed by atoms with Gasteiger partial charge < -0.3 is 5.73 Å². The molecule has 8 heteroatoms. The predicted octanol–water partition coefficient (Wildman–Crippen LogP) is 1.05. The lowest BCUT2D eigenvalue weighted by Gasteiger charge is -2.07. The van der Waals surface area contributed by atoms with Crippen molar-refractivity contribution in [3.8, 4) is 5.69 Å².